The molecular weight excluding hydrogens is 190 g/mol. The van der Waals surface area contributed by atoms with Crippen LogP contribution in [0.15, 0.2) is 5.03 Å². The van der Waals surface area contributed by atoms with Crippen molar-refractivity contribution in [3.8, 4) is 0 Å². The first-order valence-corrected chi connectivity index (χ1v) is 4.36. The molecule has 5 nitrogen and oxygen atoms in total. The Morgan fingerprint density at radius 3 is 3.15 bits per heavy atom. The number of nitrogens with zero attached hydrogens (tertiary/aromatic N) is 2. The molecule has 2 rings (SSSR count). The van der Waals surface area contributed by atoms with Gasteiger partial charge in [-0.05, 0) is 0 Å². The Morgan fingerprint density at radius 2 is 2.46 bits per heavy atom. The monoisotopic (exact) mass is 199 g/mol. The van der Waals surface area contributed by atoms with E-state index in [1.165, 1.54) is 4.90 Å². The van der Waals surface area contributed by atoms with Gasteiger partial charge in [-0.1, -0.05) is 0 Å². The van der Waals surface area contributed by atoms with Crippen molar-refractivity contribution in [1.29, 1.82) is 0 Å². The number of hydrogen-bond donors (Lipinski definition) is 3. The number of nitrogens with one attached hydrogen (secondary N) is 1. The molecule has 0 aromatic carbocycles. The number of fused-ring (bicyclic) bond motifs is 1. The maximum absolute atomic E-state index is 10.7. The van der Waals surface area contributed by atoms with Crippen LogP contribution in [0.3, 0.4) is 0 Å². The third-order valence-corrected chi connectivity index (χ3v) is 2.54. The number of aromatic nitrogens is 2. The predicted octanol–water partition coefficient (Wildman–Crippen LogP) is 0.734. The first kappa shape index (κ1) is 8.43. The summed E-state index contributed by atoms with van der Waals surface area (Å²) in [7, 11) is 0. The maximum Gasteiger partial charge on any atom is 0.407 e. The van der Waals surface area contributed by atoms with Crippen LogP contribution in [-0.4, -0.2) is 32.8 Å². The largest absolute Gasteiger partial charge is 0.465 e. The average molecular weight is 199 g/mol. The zero-order chi connectivity index (χ0) is 9.42. The smallest absolute Gasteiger partial charge is 0.407 e. The van der Waals surface area contributed by atoms with Gasteiger partial charge in [0.15, 0.2) is 0 Å². The first-order chi connectivity index (χ1) is 6.18. The molecule has 2 heterocycles. The lowest BCUT2D eigenvalue weighted by Crippen LogP contribution is -2.34. The molecule has 0 spiro atoms. The molecule has 0 atom stereocenters. The number of aromatic amines is 1. The molecule has 0 radical (unpaired) electrons. The van der Waals surface area contributed by atoms with Crippen LogP contribution in [0.25, 0.3) is 0 Å². The van der Waals surface area contributed by atoms with Crippen LogP contribution >= 0.6 is 12.6 Å². The molecule has 2 N–H and O–H groups in total. The molecule has 0 unspecified atom stereocenters. The summed E-state index contributed by atoms with van der Waals surface area (Å²) < 4.78 is 0. The standard InChI is InChI=1S/C7H9N3O2S/c11-7(12)10-2-1-5-4(3-10)6(13)9-8-5/h1-3H2,(H,11,12)(H2,8,9,13). The second kappa shape index (κ2) is 2.95. The van der Waals surface area contributed by atoms with Crippen molar-refractivity contribution in [3.05, 3.63) is 11.3 Å². The minimum absolute atomic E-state index is 0.389. The van der Waals surface area contributed by atoms with Crippen molar-refractivity contribution in [2.75, 3.05) is 6.54 Å². The van der Waals surface area contributed by atoms with Crippen molar-refractivity contribution >= 4 is 18.7 Å². The number of hydrogen-bond acceptors (Lipinski definition) is 3. The first-order valence-electron chi connectivity index (χ1n) is 3.91. The number of thiol groups is 1. The Balaban J connectivity index is 2.27. The number of amides is 1. The molecule has 1 aliphatic heterocycles. The topological polar surface area (TPSA) is 69.2 Å². The van der Waals surface area contributed by atoms with Crippen LogP contribution in [0.5, 0.6) is 0 Å². The Hall–Kier alpha value is -1.17. The highest BCUT2D eigenvalue weighted by Crippen LogP contribution is 2.22. The van der Waals surface area contributed by atoms with Crippen molar-refractivity contribution in [3.63, 3.8) is 0 Å². The summed E-state index contributed by atoms with van der Waals surface area (Å²) in [5, 5.41) is 16.2. The highest BCUT2D eigenvalue weighted by atomic mass is 32.1. The Morgan fingerprint density at radius 1 is 1.69 bits per heavy atom. The SMILES string of the molecule is O=C(O)N1CCc2n[nH]c(S)c2C1. The zero-order valence-electron chi connectivity index (χ0n) is 6.82. The highest BCUT2D eigenvalue weighted by molar-refractivity contribution is 7.80. The summed E-state index contributed by atoms with van der Waals surface area (Å²) in [6, 6.07) is 0. The fourth-order valence-corrected chi connectivity index (χ4v) is 1.69. The third kappa shape index (κ3) is 1.37. The zero-order valence-corrected chi connectivity index (χ0v) is 7.71. The normalized spacial score (nSPS) is 15.6. The van der Waals surface area contributed by atoms with Gasteiger partial charge in [0.25, 0.3) is 0 Å². The van der Waals surface area contributed by atoms with Gasteiger partial charge in [0.05, 0.1) is 17.3 Å². The molecule has 70 valence electrons. The van der Waals surface area contributed by atoms with Crippen molar-refractivity contribution in [2.45, 2.75) is 18.0 Å². The molecule has 1 aromatic rings. The Bertz CT molecular complexity index is 350. The third-order valence-electron chi connectivity index (χ3n) is 2.17. The second-order valence-electron chi connectivity index (χ2n) is 2.95. The van der Waals surface area contributed by atoms with Gasteiger partial charge in [-0.2, -0.15) is 5.10 Å². The van der Waals surface area contributed by atoms with Gasteiger partial charge in [0.2, 0.25) is 0 Å². The van der Waals surface area contributed by atoms with Gasteiger partial charge in [0.1, 0.15) is 0 Å². The van der Waals surface area contributed by atoms with E-state index in [2.05, 4.69) is 22.8 Å². The minimum Gasteiger partial charge on any atom is -0.465 e. The maximum atomic E-state index is 10.7. The lowest BCUT2D eigenvalue weighted by atomic mass is 10.1. The minimum atomic E-state index is -0.889. The van der Waals surface area contributed by atoms with Crippen LogP contribution in [0, 0.1) is 0 Å². The lowest BCUT2D eigenvalue weighted by molar-refractivity contribution is 0.139. The summed E-state index contributed by atoms with van der Waals surface area (Å²) in [5.74, 6) is 0. The molecular formula is C7H9N3O2S. The quantitative estimate of drug-likeness (QED) is 0.540. The molecule has 1 aromatic heterocycles. The van der Waals surface area contributed by atoms with Gasteiger partial charge in [-0.15, -0.1) is 12.6 Å². The summed E-state index contributed by atoms with van der Waals surface area (Å²) in [5.41, 5.74) is 1.83. The van der Waals surface area contributed by atoms with Gasteiger partial charge >= 0.3 is 6.09 Å². The number of carbonyl (C=O) groups is 1. The molecule has 0 saturated carbocycles. The summed E-state index contributed by atoms with van der Waals surface area (Å²) in [4.78, 5) is 12.0. The molecule has 0 aliphatic carbocycles. The summed E-state index contributed by atoms with van der Waals surface area (Å²) >= 11 is 4.16. The van der Waals surface area contributed by atoms with E-state index in [1.807, 2.05) is 0 Å². The molecule has 13 heavy (non-hydrogen) atoms. The van der Waals surface area contributed by atoms with Crippen molar-refractivity contribution in [2.24, 2.45) is 0 Å². The molecule has 0 saturated heterocycles. The van der Waals surface area contributed by atoms with Gasteiger partial charge in [0, 0.05) is 18.5 Å². The van der Waals surface area contributed by atoms with E-state index in [0.29, 0.717) is 24.5 Å². The summed E-state index contributed by atoms with van der Waals surface area (Å²) in [6.45, 7) is 0.903. The van der Waals surface area contributed by atoms with Crippen molar-refractivity contribution in [1.82, 2.24) is 15.1 Å². The van der Waals surface area contributed by atoms with Gasteiger partial charge < -0.3 is 10.0 Å². The molecule has 0 bridgehead atoms. The van der Waals surface area contributed by atoms with E-state index in [1.54, 1.807) is 0 Å². The Kier molecular flexibility index (Phi) is 1.91. The molecule has 1 amide bonds. The van der Waals surface area contributed by atoms with Gasteiger partial charge in [-0.25, -0.2) is 4.79 Å². The molecule has 6 heteroatoms. The highest BCUT2D eigenvalue weighted by Gasteiger charge is 2.23. The van der Waals surface area contributed by atoms with E-state index >= 15 is 0 Å². The fourth-order valence-electron chi connectivity index (χ4n) is 1.44. The molecule has 0 fully saturated rings. The van der Waals surface area contributed by atoms with Crippen LogP contribution < -0.4 is 0 Å². The fraction of sp³-hybridized carbons (Fsp3) is 0.429. The number of carboxylic acid groups (broad SMARTS) is 1. The van der Waals surface area contributed by atoms with Crippen LogP contribution in [0.1, 0.15) is 11.3 Å². The average Bonchev–Trinajstić information content (AvgIpc) is 2.47. The van der Waals surface area contributed by atoms with E-state index in [0.717, 1.165) is 11.3 Å². The lowest BCUT2D eigenvalue weighted by Gasteiger charge is -2.23. The van der Waals surface area contributed by atoms with Crippen LogP contribution in [-0.2, 0) is 13.0 Å². The summed E-state index contributed by atoms with van der Waals surface area (Å²) in [6.07, 6.45) is -0.224. The van der Waals surface area contributed by atoms with Crippen LogP contribution in [0.2, 0.25) is 0 Å². The van der Waals surface area contributed by atoms with E-state index in [4.69, 9.17) is 5.11 Å². The predicted molar refractivity (Wildman–Crippen MR) is 48.0 cm³/mol. The molecule has 1 aliphatic rings. The number of rotatable bonds is 0. The van der Waals surface area contributed by atoms with E-state index in [9.17, 15) is 4.79 Å². The van der Waals surface area contributed by atoms with Crippen LogP contribution in [0.4, 0.5) is 4.79 Å². The van der Waals surface area contributed by atoms with Gasteiger partial charge in [-0.3, -0.25) is 5.10 Å². The second-order valence-corrected chi connectivity index (χ2v) is 3.40. The van der Waals surface area contributed by atoms with Crippen molar-refractivity contribution < 1.29 is 9.90 Å². The van der Waals surface area contributed by atoms with E-state index < -0.39 is 6.09 Å². The Labute approximate surface area is 80.2 Å². The number of H-pyrrole nitrogens is 1. The van der Waals surface area contributed by atoms with E-state index in [-0.39, 0.29) is 0 Å².